The van der Waals surface area contributed by atoms with Crippen molar-refractivity contribution in [2.45, 2.75) is 161 Å². The Balaban J connectivity index is 0.00000182. The molecule has 428 valence electrons. The van der Waals surface area contributed by atoms with Crippen molar-refractivity contribution in [3.8, 4) is 11.5 Å². The maximum absolute atomic E-state index is 15.3. The first kappa shape index (κ1) is 69.2. The van der Waals surface area contributed by atoms with E-state index in [0.717, 1.165) is 68.3 Å². The summed E-state index contributed by atoms with van der Waals surface area (Å²) in [6.45, 7) is 34.8. The monoisotopic (exact) mass is 1360 g/mol. The van der Waals surface area contributed by atoms with Gasteiger partial charge in [-0.15, -0.1) is 39.3 Å². The molecule has 2 N–H and O–H groups in total. The van der Waals surface area contributed by atoms with E-state index in [1.807, 2.05) is 191 Å². The molecule has 0 fully saturated rings. The Bertz CT molecular complexity index is 2870. The molecule has 0 amide bonds. The van der Waals surface area contributed by atoms with E-state index in [4.69, 9.17) is 41.7 Å². The molecule has 1 aliphatic heterocycles. The number of ether oxygens (including phenoxy) is 2. The van der Waals surface area contributed by atoms with Crippen molar-refractivity contribution in [3.05, 3.63) is 175 Å². The largest absolute Gasteiger partial charge is 3.00 e. The van der Waals surface area contributed by atoms with Crippen LogP contribution in [0.4, 0.5) is 0 Å². The summed E-state index contributed by atoms with van der Waals surface area (Å²) in [5.74, 6) is 1.19. The van der Waals surface area contributed by atoms with Gasteiger partial charge in [0.1, 0.15) is 31.5 Å². The molecular formula is C62H83Cl2IrN2O7P2S2. The summed E-state index contributed by atoms with van der Waals surface area (Å²) >= 11 is 9.53. The van der Waals surface area contributed by atoms with E-state index < -0.39 is 41.6 Å². The fraction of sp³-hybridized carbons (Fsp3) is 0.419. The Morgan fingerprint density at radius 1 is 0.513 bits per heavy atom. The number of sulfonamides is 2. The summed E-state index contributed by atoms with van der Waals surface area (Å²) in [7, 11) is -12.4. The van der Waals surface area contributed by atoms with Gasteiger partial charge >= 0.3 is 20.1 Å². The Labute approximate surface area is 496 Å². The normalized spacial score (nSPS) is 13.6. The third-order valence-electron chi connectivity index (χ3n) is 13.5. The Morgan fingerprint density at radius 3 is 1.05 bits per heavy atom. The summed E-state index contributed by atoms with van der Waals surface area (Å²) < 4.78 is 83.3. The van der Waals surface area contributed by atoms with Crippen LogP contribution in [0.3, 0.4) is 0 Å². The molecule has 2 atom stereocenters. The minimum absolute atomic E-state index is 0. The molecule has 1 heterocycles. The van der Waals surface area contributed by atoms with E-state index in [0.29, 0.717) is 22.1 Å². The van der Waals surface area contributed by atoms with Crippen molar-refractivity contribution < 1.29 is 53.3 Å². The maximum atomic E-state index is 15.3. The molecule has 6 aromatic rings. The van der Waals surface area contributed by atoms with Crippen LogP contribution in [0.15, 0.2) is 131 Å². The molecule has 0 radical (unpaired) electrons. The zero-order valence-corrected chi connectivity index (χ0v) is 55.6. The second-order valence-corrected chi connectivity index (χ2v) is 29.4. The van der Waals surface area contributed by atoms with Gasteiger partial charge in [-0.25, -0.2) is 16.8 Å². The number of hydrogen-bond donors (Lipinski definition) is 0. The topological polar surface area (TPSA) is 146 Å². The van der Waals surface area contributed by atoms with Crippen molar-refractivity contribution >= 4 is 80.6 Å². The van der Waals surface area contributed by atoms with E-state index in [-0.39, 0.29) is 77.6 Å². The Morgan fingerprint density at radius 2 is 0.808 bits per heavy atom. The first-order chi connectivity index (χ1) is 35.8. The van der Waals surface area contributed by atoms with Crippen LogP contribution in [-0.2, 0) is 50.3 Å². The minimum Gasteiger partial charge on any atom is -1.00 e. The molecule has 9 nitrogen and oxygen atoms in total. The van der Waals surface area contributed by atoms with Crippen LogP contribution in [0.1, 0.15) is 192 Å². The smallest absolute Gasteiger partial charge is 1.00 e. The molecule has 16 heteroatoms. The molecule has 0 saturated heterocycles. The fourth-order valence-electron chi connectivity index (χ4n) is 9.30. The molecule has 1 aliphatic rings. The van der Waals surface area contributed by atoms with Gasteiger partial charge in [0.2, 0.25) is 0 Å². The Kier molecular flexibility index (Phi) is 26.9. The molecule has 0 spiro atoms. The SMILES string of the molecule is CC(C)c1cc(C(C)C)c(S(=O)(=O)[N-]P(c2ccccc2)c2cccc3c2Oc2c(P([N-]S(=O)(=O)c4c(C(C)C)cc(C(C)C)cc4C(C)C)c4ccccc4)cccc2C3(C)C)c(C(C)C)c1.CCOCC.ClCCl.O.[H-].[Ir+3]. The predicted octanol–water partition coefficient (Wildman–Crippen LogP) is 16.8. The Hall–Kier alpha value is -3.05. The number of rotatable bonds is 18. The van der Waals surface area contributed by atoms with E-state index in [2.05, 4.69) is 41.5 Å². The summed E-state index contributed by atoms with van der Waals surface area (Å²) in [6, 6.07) is 39.3. The second-order valence-electron chi connectivity index (χ2n) is 21.3. The quantitative estimate of drug-likeness (QED) is 0.0618. The summed E-state index contributed by atoms with van der Waals surface area (Å²) in [6.07, 6.45) is 0. The van der Waals surface area contributed by atoms with Gasteiger partial charge in [-0.2, -0.15) is 0 Å². The third kappa shape index (κ3) is 16.1. The minimum atomic E-state index is -4.28. The van der Waals surface area contributed by atoms with Gasteiger partial charge in [-0.1, -0.05) is 218 Å². The number of hydrogen-bond acceptors (Lipinski definition) is 6. The van der Waals surface area contributed by atoms with Crippen molar-refractivity contribution in [2.24, 2.45) is 0 Å². The van der Waals surface area contributed by atoms with Crippen LogP contribution in [0.5, 0.6) is 11.5 Å². The van der Waals surface area contributed by atoms with Crippen molar-refractivity contribution in [2.75, 3.05) is 18.6 Å². The van der Waals surface area contributed by atoms with Gasteiger partial charge in [0, 0.05) is 40.4 Å². The van der Waals surface area contributed by atoms with Crippen LogP contribution < -0.4 is 26.0 Å². The third-order valence-corrected chi connectivity index (χ3v) is 21.7. The predicted molar refractivity (Wildman–Crippen MR) is 332 cm³/mol. The molecule has 7 rings (SSSR count). The van der Waals surface area contributed by atoms with Gasteiger partial charge in [-0.3, -0.25) is 0 Å². The summed E-state index contributed by atoms with van der Waals surface area (Å²) in [5.41, 5.74) is 6.36. The molecule has 0 aliphatic carbocycles. The number of halogens is 2. The van der Waals surface area contributed by atoms with E-state index >= 15 is 16.8 Å². The first-order valence-electron chi connectivity index (χ1n) is 26.4. The van der Waals surface area contributed by atoms with Gasteiger partial charge < -0.3 is 25.4 Å². The summed E-state index contributed by atoms with van der Waals surface area (Å²) in [5, 5.41) is 3.01. The molecule has 2 unspecified atom stereocenters. The zero-order chi connectivity index (χ0) is 56.4. The van der Waals surface area contributed by atoms with Crippen LogP contribution in [0.2, 0.25) is 0 Å². The molecule has 0 bridgehead atoms. The number of fused-ring (bicyclic) bond motifs is 2. The van der Waals surface area contributed by atoms with Gasteiger partial charge in [0.25, 0.3) is 0 Å². The van der Waals surface area contributed by atoms with Crippen molar-refractivity contribution in [3.63, 3.8) is 0 Å². The molecule has 0 saturated carbocycles. The maximum Gasteiger partial charge on any atom is 3.00 e. The molecule has 78 heavy (non-hydrogen) atoms. The number of nitrogens with zero attached hydrogens (tertiary/aromatic N) is 2. The molecule has 0 aromatic heterocycles. The number of para-hydroxylation sites is 2. The van der Waals surface area contributed by atoms with Gasteiger partial charge in [0.05, 0.1) is 15.1 Å². The van der Waals surface area contributed by atoms with E-state index in [1.54, 1.807) is 0 Å². The van der Waals surface area contributed by atoms with Crippen molar-refractivity contribution in [1.82, 2.24) is 0 Å². The number of benzene rings is 6. The van der Waals surface area contributed by atoms with Gasteiger partial charge in [0.15, 0.2) is 0 Å². The summed E-state index contributed by atoms with van der Waals surface area (Å²) in [4.78, 5) is 0.566. The van der Waals surface area contributed by atoms with E-state index in [1.165, 1.54) is 0 Å². The average molecular weight is 1360 g/mol. The first-order valence-corrected chi connectivity index (χ1v) is 33.0. The van der Waals surface area contributed by atoms with Crippen LogP contribution in [0.25, 0.3) is 8.99 Å². The zero-order valence-electron chi connectivity index (χ0n) is 49.3. The average Bonchev–Trinajstić information content (AvgIpc) is 3.37. The van der Waals surface area contributed by atoms with Crippen LogP contribution in [-0.4, -0.2) is 40.9 Å². The van der Waals surface area contributed by atoms with Crippen LogP contribution in [0, 0.1) is 0 Å². The molecular weight excluding hydrogens is 1270 g/mol. The fourth-order valence-corrected chi connectivity index (χ4v) is 18.1. The standard InChI is InChI=1S/C57H68N2O5P2S2.C4H10O.CH2Cl2.Ir.H2O.H/c1-35(2)41-31-45(37(5)6)55(46(32-41)38(7)8)67(60,61)58-65(43-23-17-15-18-24-43)51-29-21-27-49-53(51)64-54-50(57(49,13)14)28-22-30-52(54)66(44-25-19-16-20-26-44)59-68(62,63)56-47(39(9)10)33-42(36(3)4)34-48(56)40(11)12;1-3-5-4-2;2-1-3;;;/h15-40H,1-14H3;3-4H2,1-2H3;1H2;;1H2;/q-2;;;+3;;-1. The van der Waals surface area contributed by atoms with Gasteiger partial charge in [-0.05, 0) is 93.3 Å². The number of alkyl halides is 2. The van der Waals surface area contributed by atoms with E-state index in [9.17, 15) is 0 Å². The van der Waals surface area contributed by atoms with Crippen molar-refractivity contribution in [1.29, 1.82) is 0 Å². The molecule has 6 aromatic carbocycles. The second kappa shape index (κ2) is 30.3. The van der Waals surface area contributed by atoms with Crippen LogP contribution >= 0.6 is 39.3 Å².